The first-order valence-electron chi connectivity index (χ1n) is 3.65. The van der Waals surface area contributed by atoms with Crippen molar-refractivity contribution in [1.82, 2.24) is 5.32 Å². The molecule has 0 aromatic carbocycles. The van der Waals surface area contributed by atoms with Gasteiger partial charge in [0, 0.05) is 6.54 Å². The van der Waals surface area contributed by atoms with Crippen LogP contribution in [0.3, 0.4) is 0 Å². The third kappa shape index (κ3) is 2.19. The molecule has 0 unspecified atom stereocenters. The molecule has 1 nitrogen and oxygen atoms in total. The van der Waals surface area contributed by atoms with Crippen LogP contribution in [0.4, 0.5) is 0 Å². The maximum absolute atomic E-state index is 3.35. The van der Waals surface area contributed by atoms with Gasteiger partial charge in [-0.05, 0) is 25.8 Å². The SMILES string of the molecule is CC1=CCNC[C@H](C)C1. The van der Waals surface area contributed by atoms with Crippen LogP contribution in [0.15, 0.2) is 11.6 Å². The highest BCUT2D eigenvalue weighted by molar-refractivity contribution is 5.02. The standard InChI is InChI=1S/C8H15N/c1-7-3-4-9-6-8(2)5-7/h3,8-9H,4-6H2,1-2H3/t8-/m1/s1. The molecule has 0 amide bonds. The Kier molecular flexibility index (Phi) is 2.29. The Labute approximate surface area is 57.1 Å². The molecule has 0 saturated heterocycles. The van der Waals surface area contributed by atoms with Gasteiger partial charge in [0.25, 0.3) is 0 Å². The van der Waals surface area contributed by atoms with Crippen LogP contribution in [0.1, 0.15) is 20.3 Å². The maximum atomic E-state index is 3.35. The molecule has 0 fully saturated rings. The molecule has 0 aromatic heterocycles. The normalized spacial score (nSPS) is 29.1. The second-order valence-corrected chi connectivity index (χ2v) is 3.02. The minimum Gasteiger partial charge on any atom is -0.313 e. The molecule has 1 heteroatoms. The number of hydrogen-bond acceptors (Lipinski definition) is 1. The van der Waals surface area contributed by atoms with E-state index >= 15 is 0 Å². The van der Waals surface area contributed by atoms with Gasteiger partial charge in [-0.2, -0.15) is 0 Å². The lowest BCUT2D eigenvalue weighted by atomic mass is 10.0. The van der Waals surface area contributed by atoms with E-state index in [1.165, 1.54) is 18.5 Å². The summed E-state index contributed by atoms with van der Waals surface area (Å²) in [4.78, 5) is 0. The van der Waals surface area contributed by atoms with E-state index < -0.39 is 0 Å². The lowest BCUT2D eigenvalue weighted by Gasteiger charge is -2.06. The largest absolute Gasteiger partial charge is 0.313 e. The van der Waals surface area contributed by atoms with Crippen LogP contribution < -0.4 is 5.32 Å². The number of allylic oxidation sites excluding steroid dienone is 1. The quantitative estimate of drug-likeness (QED) is 0.484. The van der Waals surface area contributed by atoms with Gasteiger partial charge in [0.15, 0.2) is 0 Å². The molecule has 1 N–H and O–H groups in total. The fourth-order valence-corrected chi connectivity index (χ4v) is 1.28. The average Bonchev–Trinajstić information content (AvgIpc) is 1.93. The molecule has 1 aliphatic heterocycles. The van der Waals surface area contributed by atoms with Crippen molar-refractivity contribution < 1.29 is 0 Å². The Hall–Kier alpha value is -0.300. The lowest BCUT2D eigenvalue weighted by Crippen LogP contribution is -2.18. The molecule has 9 heavy (non-hydrogen) atoms. The maximum Gasteiger partial charge on any atom is 0.0137 e. The molecule has 0 aromatic rings. The molecule has 1 rings (SSSR count). The summed E-state index contributed by atoms with van der Waals surface area (Å²) in [6.45, 7) is 6.74. The summed E-state index contributed by atoms with van der Waals surface area (Å²) in [7, 11) is 0. The Bertz CT molecular complexity index is 116. The minimum atomic E-state index is 0.823. The second kappa shape index (κ2) is 3.02. The second-order valence-electron chi connectivity index (χ2n) is 3.02. The summed E-state index contributed by atoms with van der Waals surface area (Å²) in [5.74, 6) is 0.823. The van der Waals surface area contributed by atoms with Crippen LogP contribution in [-0.4, -0.2) is 13.1 Å². The van der Waals surface area contributed by atoms with E-state index in [9.17, 15) is 0 Å². The van der Waals surface area contributed by atoms with Crippen LogP contribution >= 0.6 is 0 Å². The zero-order valence-corrected chi connectivity index (χ0v) is 6.28. The van der Waals surface area contributed by atoms with Gasteiger partial charge in [-0.15, -0.1) is 0 Å². The van der Waals surface area contributed by atoms with Crippen molar-refractivity contribution in [1.29, 1.82) is 0 Å². The smallest absolute Gasteiger partial charge is 0.0137 e. The molecule has 0 radical (unpaired) electrons. The summed E-state index contributed by atoms with van der Waals surface area (Å²) in [6.07, 6.45) is 3.55. The van der Waals surface area contributed by atoms with Gasteiger partial charge >= 0.3 is 0 Å². The molecule has 1 heterocycles. The van der Waals surface area contributed by atoms with Crippen LogP contribution in [0.5, 0.6) is 0 Å². The first-order valence-corrected chi connectivity index (χ1v) is 3.65. The van der Waals surface area contributed by atoms with Crippen LogP contribution in [-0.2, 0) is 0 Å². The van der Waals surface area contributed by atoms with Gasteiger partial charge < -0.3 is 5.32 Å². The van der Waals surface area contributed by atoms with Crippen molar-refractivity contribution in [3.8, 4) is 0 Å². The molecule has 0 bridgehead atoms. The minimum absolute atomic E-state index is 0.823. The first kappa shape index (κ1) is 6.81. The predicted octanol–water partition coefficient (Wildman–Crippen LogP) is 1.56. The van der Waals surface area contributed by atoms with Gasteiger partial charge in [-0.3, -0.25) is 0 Å². The molecule has 0 saturated carbocycles. The van der Waals surface area contributed by atoms with Crippen molar-refractivity contribution in [2.24, 2.45) is 5.92 Å². The molecular weight excluding hydrogens is 110 g/mol. The summed E-state index contributed by atoms with van der Waals surface area (Å²) in [5, 5.41) is 3.35. The average molecular weight is 125 g/mol. The molecule has 1 atom stereocenters. The molecule has 52 valence electrons. The molecular formula is C8H15N. The fourth-order valence-electron chi connectivity index (χ4n) is 1.28. The highest BCUT2D eigenvalue weighted by atomic mass is 14.8. The van der Waals surface area contributed by atoms with E-state index in [4.69, 9.17) is 0 Å². The van der Waals surface area contributed by atoms with Crippen LogP contribution in [0.2, 0.25) is 0 Å². The lowest BCUT2D eigenvalue weighted by molar-refractivity contribution is 0.543. The van der Waals surface area contributed by atoms with Crippen LogP contribution in [0, 0.1) is 5.92 Å². The monoisotopic (exact) mass is 125 g/mol. The van der Waals surface area contributed by atoms with Gasteiger partial charge in [-0.1, -0.05) is 18.6 Å². The fraction of sp³-hybridized carbons (Fsp3) is 0.750. The third-order valence-corrected chi connectivity index (χ3v) is 1.76. The van der Waals surface area contributed by atoms with Gasteiger partial charge in [-0.25, -0.2) is 0 Å². The van der Waals surface area contributed by atoms with Crippen molar-refractivity contribution in [2.45, 2.75) is 20.3 Å². The highest BCUT2D eigenvalue weighted by Gasteiger charge is 2.04. The number of nitrogens with one attached hydrogen (secondary N) is 1. The zero-order chi connectivity index (χ0) is 6.69. The van der Waals surface area contributed by atoms with Crippen molar-refractivity contribution in [3.63, 3.8) is 0 Å². The van der Waals surface area contributed by atoms with E-state index in [-0.39, 0.29) is 0 Å². The van der Waals surface area contributed by atoms with Crippen molar-refractivity contribution in [3.05, 3.63) is 11.6 Å². The Morgan fingerprint density at radius 1 is 1.67 bits per heavy atom. The van der Waals surface area contributed by atoms with Crippen molar-refractivity contribution in [2.75, 3.05) is 13.1 Å². The Morgan fingerprint density at radius 3 is 3.22 bits per heavy atom. The zero-order valence-electron chi connectivity index (χ0n) is 6.28. The third-order valence-electron chi connectivity index (χ3n) is 1.76. The van der Waals surface area contributed by atoms with Gasteiger partial charge in [0.1, 0.15) is 0 Å². The number of rotatable bonds is 0. The summed E-state index contributed by atoms with van der Waals surface area (Å²) in [6, 6.07) is 0. The van der Waals surface area contributed by atoms with Crippen molar-refractivity contribution >= 4 is 0 Å². The van der Waals surface area contributed by atoms with E-state index in [0.717, 1.165) is 12.5 Å². The molecule has 0 aliphatic carbocycles. The predicted molar refractivity (Wildman–Crippen MR) is 40.4 cm³/mol. The summed E-state index contributed by atoms with van der Waals surface area (Å²) >= 11 is 0. The number of hydrogen-bond donors (Lipinski definition) is 1. The van der Waals surface area contributed by atoms with E-state index in [1.807, 2.05) is 0 Å². The molecule has 1 aliphatic rings. The highest BCUT2D eigenvalue weighted by Crippen LogP contribution is 2.11. The first-order chi connectivity index (χ1) is 4.29. The summed E-state index contributed by atoms with van der Waals surface area (Å²) < 4.78 is 0. The van der Waals surface area contributed by atoms with Gasteiger partial charge in [0.05, 0.1) is 0 Å². The van der Waals surface area contributed by atoms with Gasteiger partial charge in [0.2, 0.25) is 0 Å². The Balaban J connectivity index is 2.44. The van der Waals surface area contributed by atoms with E-state index in [0.29, 0.717) is 0 Å². The summed E-state index contributed by atoms with van der Waals surface area (Å²) in [5.41, 5.74) is 1.53. The topological polar surface area (TPSA) is 12.0 Å². The Morgan fingerprint density at radius 2 is 2.44 bits per heavy atom. The van der Waals surface area contributed by atoms with E-state index in [1.54, 1.807) is 0 Å². The molecule has 0 spiro atoms. The van der Waals surface area contributed by atoms with E-state index in [2.05, 4.69) is 25.2 Å². The van der Waals surface area contributed by atoms with Crippen LogP contribution in [0.25, 0.3) is 0 Å².